The number of likely N-dealkylation sites (tertiary alicyclic amines) is 1. The van der Waals surface area contributed by atoms with Gasteiger partial charge in [-0.1, -0.05) is 25.1 Å². The van der Waals surface area contributed by atoms with Crippen molar-refractivity contribution in [2.75, 3.05) is 25.0 Å². The number of benzene rings is 1. The summed E-state index contributed by atoms with van der Waals surface area (Å²) in [7, 11) is 0. The van der Waals surface area contributed by atoms with Crippen molar-refractivity contribution < 1.29 is 4.79 Å². The fourth-order valence-electron chi connectivity index (χ4n) is 2.61. The van der Waals surface area contributed by atoms with Crippen LogP contribution in [0, 0.1) is 16.7 Å². The van der Waals surface area contributed by atoms with Crippen LogP contribution in [0.15, 0.2) is 30.3 Å². The van der Waals surface area contributed by atoms with Gasteiger partial charge in [0.05, 0.1) is 18.0 Å². The number of anilines is 1. The monoisotopic (exact) mass is 271 g/mol. The van der Waals surface area contributed by atoms with Gasteiger partial charge in [0, 0.05) is 18.8 Å². The summed E-state index contributed by atoms with van der Waals surface area (Å²) in [5, 5.41) is 12.1. The van der Waals surface area contributed by atoms with E-state index in [4.69, 9.17) is 0 Å². The number of rotatable bonds is 4. The molecule has 4 nitrogen and oxygen atoms in total. The predicted molar refractivity (Wildman–Crippen MR) is 79.1 cm³/mol. The molecule has 1 heterocycles. The minimum absolute atomic E-state index is 0.0113. The van der Waals surface area contributed by atoms with E-state index in [1.165, 1.54) is 0 Å². The third kappa shape index (κ3) is 3.58. The Labute approximate surface area is 120 Å². The highest BCUT2D eigenvalue weighted by Crippen LogP contribution is 2.33. The van der Waals surface area contributed by atoms with Crippen molar-refractivity contribution in [3.05, 3.63) is 30.3 Å². The molecule has 1 aliphatic rings. The molecule has 0 unspecified atom stereocenters. The summed E-state index contributed by atoms with van der Waals surface area (Å²) in [6.45, 7) is 4.12. The van der Waals surface area contributed by atoms with E-state index in [0.717, 1.165) is 38.0 Å². The minimum Gasteiger partial charge on any atom is -0.325 e. The third-order valence-corrected chi connectivity index (χ3v) is 4.15. The van der Waals surface area contributed by atoms with Gasteiger partial charge in [0.15, 0.2) is 0 Å². The lowest BCUT2D eigenvalue weighted by Crippen LogP contribution is -2.42. The molecule has 20 heavy (non-hydrogen) atoms. The van der Waals surface area contributed by atoms with Crippen LogP contribution in [-0.4, -0.2) is 30.4 Å². The lowest BCUT2D eigenvalue weighted by Gasteiger charge is -2.36. The van der Waals surface area contributed by atoms with Gasteiger partial charge in [0.1, 0.15) is 0 Å². The molecule has 1 amide bonds. The highest BCUT2D eigenvalue weighted by molar-refractivity contribution is 5.92. The highest BCUT2D eigenvalue weighted by atomic mass is 16.2. The van der Waals surface area contributed by atoms with Gasteiger partial charge >= 0.3 is 0 Å². The van der Waals surface area contributed by atoms with Crippen LogP contribution in [0.25, 0.3) is 0 Å². The Bertz CT molecular complexity index is 484. The summed E-state index contributed by atoms with van der Waals surface area (Å²) in [5.74, 6) is 0.0113. The van der Waals surface area contributed by atoms with Crippen molar-refractivity contribution in [3.63, 3.8) is 0 Å². The Hall–Kier alpha value is -1.86. The van der Waals surface area contributed by atoms with E-state index in [-0.39, 0.29) is 11.3 Å². The number of nitrogens with zero attached hydrogens (tertiary/aromatic N) is 2. The molecular formula is C16H21N3O. The molecule has 0 aliphatic carbocycles. The second-order valence-corrected chi connectivity index (χ2v) is 5.44. The van der Waals surface area contributed by atoms with E-state index in [2.05, 4.69) is 23.2 Å². The number of para-hydroxylation sites is 1. The first-order valence-corrected chi connectivity index (χ1v) is 7.16. The first-order valence-electron chi connectivity index (χ1n) is 7.16. The maximum Gasteiger partial charge on any atom is 0.238 e. The van der Waals surface area contributed by atoms with Crippen LogP contribution in [0.2, 0.25) is 0 Å². The van der Waals surface area contributed by atoms with E-state index in [1.807, 2.05) is 30.3 Å². The zero-order chi connectivity index (χ0) is 14.4. The minimum atomic E-state index is -0.174. The molecule has 2 rings (SSSR count). The molecule has 0 spiro atoms. The highest BCUT2D eigenvalue weighted by Gasteiger charge is 2.33. The lowest BCUT2D eigenvalue weighted by molar-refractivity contribution is -0.117. The Morgan fingerprint density at radius 2 is 2.00 bits per heavy atom. The van der Waals surface area contributed by atoms with Gasteiger partial charge in [0.25, 0.3) is 0 Å². The van der Waals surface area contributed by atoms with Crippen LogP contribution in [-0.2, 0) is 4.79 Å². The van der Waals surface area contributed by atoms with Crippen LogP contribution in [0.1, 0.15) is 26.2 Å². The molecular weight excluding hydrogens is 250 g/mol. The normalized spacial score (nSPS) is 18.2. The Kier molecular flexibility index (Phi) is 4.75. The molecule has 1 aromatic rings. The maximum absolute atomic E-state index is 12.0. The van der Waals surface area contributed by atoms with E-state index >= 15 is 0 Å². The van der Waals surface area contributed by atoms with Gasteiger partial charge in [-0.3, -0.25) is 9.69 Å². The molecule has 106 valence electrons. The summed E-state index contributed by atoms with van der Waals surface area (Å²) in [4.78, 5) is 14.1. The molecule has 0 bridgehead atoms. The summed E-state index contributed by atoms with van der Waals surface area (Å²) in [6.07, 6.45) is 2.62. The molecule has 0 aromatic heterocycles. The Morgan fingerprint density at radius 1 is 1.35 bits per heavy atom. The van der Waals surface area contributed by atoms with Crippen LogP contribution in [0.4, 0.5) is 5.69 Å². The van der Waals surface area contributed by atoms with Crippen molar-refractivity contribution >= 4 is 11.6 Å². The van der Waals surface area contributed by atoms with Gasteiger partial charge in [-0.25, -0.2) is 0 Å². The van der Waals surface area contributed by atoms with Crippen LogP contribution >= 0.6 is 0 Å². The number of carbonyl (C=O) groups excluding carboxylic acids is 1. The molecule has 4 heteroatoms. The predicted octanol–water partition coefficient (Wildman–Crippen LogP) is 2.64. The topological polar surface area (TPSA) is 56.1 Å². The Balaban J connectivity index is 1.81. The lowest BCUT2D eigenvalue weighted by atomic mass is 9.77. The van der Waals surface area contributed by atoms with Crippen molar-refractivity contribution in [2.24, 2.45) is 5.41 Å². The Morgan fingerprint density at radius 3 is 2.55 bits per heavy atom. The zero-order valence-electron chi connectivity index (χ0n) is 11.9. The number of carbonyl (C=O) groups is 1. The van der Waals surface area contributed by atoms with Gasteiger partial charge in [-0.2, -0.15) is 5.26 Å². The van der Waals surface area contributed by atoms with Crippen LogP contribution in [0.3, 0.4) is 0 Å². The van der Waals surface area contributed by atoms with E-state index in [9.17, 15) is 10.1 Å². The van der Waals surface area contributed by atoms with Gasteiger partial charge < -0.3 is 5.32 Å². The first kappa shape index (κ1) is 14.5. The fraction of sp³-hybridized carbons (Fsp3) is 0.500. The average Bonchev–Trinajstić information content (AvgIpc) is 2.49. The average molecular weight is 271 g/mol. The zero-order valence-corrected chi connectivity index (χ0v) is 11.9. The maximum atomic E-state index is 12.0. The standard InChI is InChI=1S/C16H21N3O/c1-2-16(13-17)8-10-19(11-9-16)12-15(20)18-14-6-4-3-5-7-14/h3-7H,2,8-12H2,1H3,(H,18,20). The van der Waals surface area contributed by atoms with Gasteiger partial charge in [-0.15, -0.1) is 0 Å². The molecule has 1 saturated heterocycles. The first-order chi connectivity index (χ1) is 9.67. The summed E-state index contributed by atoms with van der Waals surface area (Å²) in [6, 6.07) is 11.9. The summed E-state index contributed by atoms with van der Waals surface area (Å²) in [5.41, 5.74) is 0.654. The number of hydrogen-bond donors (Lipinski definition) is 1. The van der Waals surface area contributed by atoms with Gasteiger partial charge in [0.2, 0.25) is 5.91 Å². The van der Waals surface area contributed by atoms with Crippen molar-refractivity contribution in [1.82, 2.24) is 4.90 Å². The molecule has 1 N–H and O–H groups in total. The quantitative estimate of drug-likeness (QED) is 0.916. The molecule has 1 fully saturated rings. The van der Waals surface area contributed by atoms with E-state index < -0.39 is 0 Å². The van der Waals surface area contributed by atoms with E-state index in [1.54, 1.807) is 0 Å². The number of nitrogens with one attached hydrogen (secondary N) is 1. The second-order valence-electron chi connectivity index (χ2n) is 5.44. The number of amides is 1. The fourth-order valence-corrected chi connectivity index (χ4v) is 2.61. The smallest absolute Gasteiger partial charge is 0.238 e. The second kappa shape index (κ2) is 6.53. The number of hydrogen-bond acceptors (Lipinski definition) is 3. The van der Waals surface area contributed by atoms with Crippen LogP contribution < -0.4 is 5.32 Å². The van der Waals surface area contributed by atoms with E-state index in [0.29, 0.717) is 6.54 Å². The summed E-state index contributed by atoms with van der Waals surface area (Å²) >= 11 is 0. The van der Waals surface area contributed by atoms with Crippen molar-refractivity contribution in [2.45, 2.75) is 26.2 Å². The largest absolute Gasteiger partial charge is 0.325 e. The molecule has 0 saturated carbocycles. The molecule has 0 atom stereocenters. The van der Waals surface area contributed by atoms with Crippen molar-refractivity contribution in [1.29, 1.82) is 5.26 Å². The molecule has 1 aliphatic heterocycles. The van der Waals surface area contributed by atoms with Gasteiger partial charge in [-0.05, 0) is 31.4 Å². The SMILES string of the molecule is CCC1(C#N)CCN(CC(=O)Nc2ccccc2)CC1. The molecule has 0 radical (unpaired) electrons. The number of piperidine rings is 1. The van der Waals surface area contributed by atoms with Crippen molar-refractivity contribution in [3.8, 4) is 6.07 Å². The molecule has 1 aromatic carbocycles. The van der Waals surface area contributed by atoms with Crippen LogP contribution in [0.5, 0.6) is 0 Å². The third-order valence-electron chi connectivity index (χ3n) is 4.15. The summed E-state index contributed by atoms with van der Waals surface area (Å²) < 4.78 is 0. The number of nitriles is 1.